The lowest BCUT2D eigenvalue weighted by atomic mass is 10.1. The van der Waals surface area contributed by atoms with Crippen LogP contribution < -0.4 is 5.32 Å². The topological polar surface area (TPSA) is 121 Å². The first-order valence-electron chi connectivity index (χ1n) is 11.0. The molecular weight excluding hydrogens is 426 g/mol. The number of hydrogen-bond donors (Lipinski definition) is 3. The molecule has 166 valence electrons. The van der Waals surface area contributed by atoms with Crippen LogP contribution in [0.15, 0.2) is 67.5 Å². The zero-order valence-corrected chi connectivity index (χ0v) is 18.6. The third-order valence-electron chi connectivity index (χ3n) is 5.53. The van der Waals surface area contributed by atoms with Crippen LogP contribution in [0.2, 0.25) is 0 Å². The largest absolute Gasteiger partial charge is 0.382 e. The summed E-state index contributed by atoms with van der Waals surface area (Å²) in [6.45, 7) is 4.19. The minimum absolute atomic E-state index is 0.311. The van der Waals surface area contributed by atoms with Crippen molar-refractivity contribution in [2.75, 3.05) is 5.32 Å². The van der Waals surface area contributed by atoms with E-state index in [9.17, 15) is 0 Å². The van der Waals surface area contributed by atoms with Crippen LogP contribution in [0.5, 0.6) is 0 Å². The molecule has 0 spiro atoms. The van der Waals surface area contributed by atoms with Gasteiger partial charge in [0.15, 0.2) is 11.5 Å². The van der Waals surface area contributed by atoms with E-state index in [2.05, 4.69) is 54.3 Å². The van der Waals surface area contributed by atoms with Gasteiger partial charge in [-0.25, -0.2) is 9.97 Å². The molecule has 0 bridgehead atoms. The predicted octanol–water partition coefficient (Wildman–Crippen LogP) is 4.84. The van der Waals surface area contributed by atoms with Gasteiger partial charge in [0.2, 0.25) is 0 Å². The van der Waals surface area contributed by atoms with Crippen LogP contribution in [0.1, 0.15) is 13.8 Å². The van der Waals surface area contributed by atoms with E-state index in [1.165, 1.54) is 0 Å². The fourth-order valence-electron chi connectivity index (χ4n) is 4.03. The SMILES string of the molecule is CC(C)Nc1cncc(-c2cc3c(-c4nc5nccc(-c6cccnc6)c5[nH]4)n[nH]c3cn2)c1. The molecule has 3 N–H and O–H groups in total. The zero-order chi connectivity index (χ0) is 23.1. The third-order valence-corrected chi connectivity index (χ3v) is 5.53. The van der Waals surface area contributed by atoms with Crippen LogP contribution in [0.25, 0.3) is 56.0 Å². The van der Waals surface area contributed by atoms with Gasteiger partial charge in [-0.05, 0) is 38.1 Å². The Kier molecular flexibility index (Phi) is 4.72. The molecule has 0 fully saturated rings. The fraction of sp³-hybridized carbons (Fsp3) is 0.120. The molecule has 0 saturated heterocycles. The van der Waals surface area contributed by atoms with Gasteiger partial charge in [-0.2, -0.15) is 5.10 Å². The molecule has 34 heavy (non-hydrogen) atoms. The average molecular weight is 448 g/mol. The van der Waals surface area contributed by atoms with Gasteiger partial charge in [-0.15, -0.1) is 0 Å². The second kappa shape index (κ2) is 8.04. The van der Waals surface area contributed by atoms with E-state index in [1.54, 1.807) is 18.6 Å². The molecule has 9 heteroatoms. The predicted molar refractivity (Wildman–Crippen MR) is 132 cm³/mol. The molecule has 0 aliphatic heterocycles. The molecule has 9 nitrogen and oxygen atoms in total. The first-order valence-corrected chi connectivity index (χ1v) is 11.0. The Morgan fingerprint density at radius 3 is 2.68 bits per heavy atom. The van der Waals surface area contributed by atoms with Crippen LogP contribution in [0, 0.1) is 0 Å². The van der Waals surface area contributed by atoms with E-state index >= 15 is 0 Å². The van der Waals surface area contributed by atoms with Crippen LogP contribution in [0.3, 0.4) is 0 Å². The molecule has 6 rings (SSSR count). The van der Waals surface area contributed by atoms with E-state index in [1.807, 2.05) is 48.9 Å². The number of pyridine rings is 4. The molecule has 6 aromatic rings. The van der Waals surface area contributed by atoms with Crippen molar-refractivity contribution in [1.82, 2.24) is 40.1 Å². The number of aromatic nitrogens is 8. The van der Waals surface area contributed by atoms with E-state index in [0.29, 0.717) is 23.2 Å². The zero-order valence-electron chi connectivity index (χ0n) is 18.6. The van der Waals surface area contributed by atoms with Crippen molar-refractivity contribution < 1.29 is 0 Å². The summed E-state index contributed by atoms with van der Waals surface area (Å²) in [4.78, 5) is 25.8. The van der Waals surface area contributed by atoms with Crippen molar-refractivity contribution >= 4 is 27.8 Å². The second-order valence-corrected chi connectivity index (χ2v) is 8.33. The molecule has 0 saturated carbocycles. The van der Waals surface area contributed by atoms with Gasteiger partial charge in [0.25, 0.3) is 0 Å². The van der Waals surface area contributed by atoms with Crippen molar-refractivity contribution in [2.24, 2.45) is 0 Å². The average Bonchev–Trinajstić information content (AvgIpc) is 3.48. The van der Waals surface area contributed by atoms with Crippen molar-refractivity contribution in [3.63, 3.8) is 0 Å². The lowest BCUT2D eigenvalue weighted by Crippen LogP contribution is -2.09. The molecule has 0 aromatic carbocycles. The highest BCUT2D eigenvalue weighted by molar-refractivity contribution is 5.96. The summed E-state index contributed by atoms with van der Waals surface area (Å²) < 4.78 is 0. The number of anilines is 1. The molecule has 0 aliphatic rings. The molecule has 0 amide bonds. The van der Waals surface area contributed by atoms with Gasteiger partial charge in [0, 0.05) is 59.1 Å². The maximum absolute atomic E-state index is 4.73. The first-order chi connectivity index (χ1) is 16.7. The Hall–Kier alpha value is -4.66. The smallest absolute Gasteiger partial charge is 0.178 e. The molecule has 0 atom stereocenters. The highest BCUT2D eigenvalue weighted by Gasteiger charge is 2.17. The summed E-state index contributed by atoms with van der Waals surface area (Å²) in [7, 11) is 0. The van der Waals surface area contributed by atoms with Crippen LogP contribution in [-0.2, 0) is 0 Å². The highest BCUT2D eigenvalue weighted by Crippen LogP contribution is 2.31. The number of hydrogen-bond acceptors (Lipinski definition) is 7. The number of nitrogens with zero attached hydrogens (tertiary/aromatic N) is 6. The van der Waals surface area contributed by atoms with Gasteiger partial charge in [-0.1, -0.05) is 6.07 Å². The van der Waals surface area contributed by atoms with E-state index < -0.39 is 0 Å². The van der Waals surface area contributed by atoms with Gasteiger partial charge < -0.3 is 10.3 Å². The molecule has 0 radical (unpaired) electrons. The Morgan fingerprint density at radius 1 is 0.912 bits per heavy atom. The Balaban J connectivity index is 1.45. The van der Waals surface area contributed by atoms with Crippen LogP contribution in [-0.4, -0.2) is 46.1 Å². The van der Waals surface area contributed by atoms with Crippen LogP contribution >= 0.6 is 0 Å². The van der Waals surface area contributed by atoms with Crippen molar-refractivity contribution in [1.29, 1.82) is 0 Å². The molecule has 6 heterocycles. The van der Waals surface area contributed by atoms with Crippen molar-refractivity contribution in [3.05, 3.63) is 67.5 Å². The second-order valence-electron chi connectivity index (χ2n) is 8.33. The Morgan fingerprint density at radius 2 is 1.82 bits per heavy atom. The summed E-state index contributed by atoms with van der Waals surface area (Å²) in [5.41, 5.74) is 7.65. The molecular formula is C25H21N9. The highest BCUT2D eigenvalue weighted by atomic mass is 15.1. The fourth-order valence-corrected chi connectivity index (χ4v) is 4.03. The van der Waals surface area contributed by atoms with Crippen molar-refractivity contribution in [3.8, 4) is 33.9 Å². The standard InChI is InChI=1S/C25H21N9/c1-14(2)30-17-8-16(11-27-12-17)20-9-19-21(13-29-20)33-34-23(19)25-31-22-18(5-7-28-24(22)32-25)15-4-3-6-26-10-15/h3-14,30H,1-2H3,(H,33,34)(H,28,31,32). The van der Waals surface area contributed by atoms with Gasteiger partial charge >= 0.3 is 0 Å². The van der Waals surface area contributed by atoms with Crippen molar-refractivity contribution in [2.45, 2.75) is 19.9 Å². The number of aromatic amines is 2. The maximum atomic E-state index is 4.73. The van der Waals surface area contributed by atoms with Gasteiger partial charge in [-0.3, -0.25) is 20.1 Å². The van der Waals surface area contributed by atoms with E-state index in [4.69, 9.17) is 4.98 Å². The number of nitrogens with one attached hydrogen (secondary N) is 3. The first kappa shape index (κ1) is 20.0. The Labute approximate surface area is 194 Å². The number of H-pyrrole nitrogens is 2. The third kappa shape index (κ3) is 3.53. The monoisotopic (exact) mass is 447 g/mol. The summed E-state index contributed by atoms with van der Waals surface area (Å²) in [6.07, 6.45) is 10.7. The summed E-state index contributed by atoms with van der Waals surface area (Å²) in [6, 6.07) is 10.2. The van der Waals surface area contributed by atoms with E-state index in [-0.39, 0.29) is 0 Å². The van der Waals surface area contributed by atoms with Crippen LogP contribution in [0.4, 0.5) is 5.69 Å². The normalized spacial score (nSPS) is 11.5. The summed E-state index contributed by atoms with van der Waals surface area (Å²) in [5.74, 6) is 0.635. The quantitative estimate of drug-likeness (QED) is 0.346. The summed E-state index contributed by atoms with van der Waals surface area (Å²) >= 11 is 0. The Bertz CT molecular complexity index is 1620. The van der Waals surface area contributed by atoms with Gasteiger partial charge in [0.05, 0.1) is 28.6 Å². The minimum atomic E-state index is 0.311. The van der Waals surface area contributed by atoms with Gasteiger partial charge in [0.1, 0.15) is 5.69 Å². The minimum Gasteiger partial charge on any atom is -0.382 e. The number of fused-ring (bicyclic) bond motifs is 2. The molecule has 6 aromatic heterocycles. The lowest BCUT2D eigenvalue weighted by Gasteiger charge is -2.10. The number of imidazole rings is 1. The van der Waals surface area contributed by atoms with E-state index in [0.717, 1.165) is 44.5 Å². The maximum Gasteiger partial charge on any atom is 0.178 e. The number of rotatable bonds is 5. The summed E-state index contributed by atoms with van der Waals surface area (Å²) in [5, 5.41) is 11.9. The molecule has 0 unspecified atom stereocenters. The lowest BCUT2D eigenvalue weighted by molar-refractivity contribution is 0.898. The molecule has 0 aliphatic carbocycles.